The van der Waals surface area contributed by atoms with Gasteiger partial charge in [-0.3, -0.25) is 10.1 Å². The normalized spacial score (nSPS) is 11.0. The zero-order valence-electron chi connectivity index (χ0n) is 8.97. The van der Waals surface area contributed by atoms with Gasteiger partial charge in [-0.2, -0.15) is 0 Å². The molecule has 2 aromatic rings. The van der Waals surface area contributed by atoms with Crippen LogP contribution < -0.4 is 0 Å². The van der Waals surface area contributed by atoms with Crippen molar-refractivity contribution < 1.29 is 4.92 Å². The van der Waals surface area contributed by atoms with Crippen molar-refractivity contribution in [2.24, 2.45) is 0 Å². The van der Waals surface area contributed by atoms with E-state index in [4.69, 9.17) is 0 Å². The smallest absolute Gasteiger partial charge is 0.257 e. The molecular weight excluding hydrogens is 264 g/mol. The van der Waals surface area contributed by atoms with Crippen LogP contribution in [0.2, 0.25) is 0 Å². The zero-order chi connectivity index (χ0) is 12.4. The minimum Gasteiger partial charge on any atom is -0.257 e. The summed E-state index contributed by atoms with van der Waals surface area (Å²) in [6.45, 7) is 3.90. The van der Waals surface area contributed by atoms with Gasteiger partial charge in [0.2, 0.25) is 5.16 Å². The average molecular weight is 272 g/mol. The van der Waals surface area contributed by atoms with Gasteiger partial charge in [0, 0.05) is 0 Å². The molecule has 17 heavy (non-hydrogen) atoms. The van der Waals surface area contributed by atoms with Gasteiger partial charge in [0.15, 0.2) is 4.34 Å². The third kappa shape index (κ3) is 2.58. The molecule has 10 heteroatoms. The Labute approximate surface area is 104 Å². The van der Waals surface area contributed by atoms with Crippen LogP contribution in [0.25, 0.3) is 0 Å². The van der Waals surface area contributed by atoms with Crippen molar-refractivity contribution in [1.82, 2.24) is 25.2 Å². The van der Waals surface area contributed by atoms with Crippen molar-refractivity contribution >= 4 is 28.1 Å². The SMILES string of the molecule is CC(C)n1nnnc1Sc1ncc([N+](=O)[O-])s1. The summed E-state index contributed by atoms with van der Waals surface area (Å²) in [6.07, 6.45) is 1.23. The van der Waals surface area contributed by atoms with E-state index in [0.717, 1.165) is 11.3 Å². The highest BCUT2D eigenvalue weighted by atomic mass is 32.2. The lowest BCUT2D eigenvalue weighted by molar-refractivity contribution is -0.380. The van der Waals surface area contributed by atoms with Gasteiger partial charge in [0.05, 0.1) is 11.0 Å². The Kier molecular flexibility index (Phi) is 3.33. The molecule has 2 aromatic heterocycles. The highest BCUT2D eigenvalue weighted by Crippen LogP contribution is 2.33. The molecule has 0 aromatic carbocycles. The Morgan fingerprint density at radius 3 is 2.94 bits per heavy atom. The summed E-state index contributed by atoms with van der Waals surface area (Å²) >= 11 is 2.22. The average Bonchev–Trinajstić information content (AvgIpc) is 2.86. The number of aromatic nitrogens is 5. The van der Waals surface area contributed by atoms with Gasteiger partial charge in [-0.15, -0.1) is 5.10 Å². The van der Waals surface area contributed by atoms with Crippen molar-refractivity contribution in [1.29, 1.82) is 0 Å². The van der Waals surface area contributed by atoms with Crippen molar-refractivity contribution in [2.45, 2.75) is 29.4 Å². The number of nitrogens with zero attached hydrogens (tertiary/aromatic N) is 6. The first-order chi connectivity index (χ1) is 8.08. The fourth-order valence-corrected chi connectivity index (χ4v) is 2.83. The molecule has 0 saturated carbocycles. The summed E-state index contributed by atoms with van der Waals surface area (Å²) < 4.78 is 2.19. The van der Waals surface area contributed by atoms with Crippen LogP contribution in [0.5, 0.6) is 0 Å². The number of hydrogen-bond acceptors (Lipinski definition) is 8. The molecule has 0 radical (unpaired) electrons. The summed E-state index contributed by atoms with van der Waals surface area (Å²) in [7, 11) is 0. The molecule has 0 aliphatic rings. The van der Waals surface area contributed by atoms with E-state index in [2.05, 4.69) is 20.5 Å². The molecule has 8 nitrogen and oxygen atoms in total. The summed E-state index contributed by atoms with van der Waals surface area (Å²) in [5.41, 5.74) is 0. The van der Waals surface area contributed by atoms with Crippen LogP contribution in [-0.2, 0) is 0 Å². The Morgan fingerprint density at radius 2 is 2.35 bits per heavy atom. The molecule has 0 amide bonds. The number of rotatable bonds is 4. The van der Waals surface area contributed by atoms with Crippen LogP contribution in [0.4, 0.5) is 5.00 Å². The second kappa shape index (κ2) is 4.75. The number of tetrazole rings is 1. The van der Waals surface area contributed by atoms with Crippen molar-refractivity contribution in [3.8, 4) is 0 Å². The maximum atomic E-state index is 10.5. The van der Waals surface area contributed by atoms with E-state index in [1.165, 1.54) is 18.0 Å². The molecule has 0 N–H and O–H groups in total. The zero-order valence-corrected chi connectivity index (χ0v) is 10.6. The van der Waals surface area contributed by atoms with E-state index in [1.54, 1.807) is 4.68 Å². The van der Waals surface area contributed by atoms with Gasteiger partial charge in [0.1, 0.15) is 6.20 Å². The maximum Gasteiger partial charge on any atom is 0.344 e. The minimum atomic E-state index is -0.465. The lowest BCUT2D eigenvalue weighted by Gasteiger charge is -2.04. The molecule has 0 spiro atoms. The molecule has 90 valence electrons. The van der Waals surface area contributed by atoms with Gasteiger partial charge < -0.3 is 0 Å². The van der Waals surface area contributed by atoms with Crippen LogP contribution in [-0.4, -0.2) is 30.1 Å². The molecule has 0 atom stereocenters. The lowest BCUT2D eigenvalue weighted by Crippen LogP contribution is -2.04. The summed E-state index contributed by atoms with van der Waals surface area (Å²) in [4.78, 5) is 14.0. The summed E-state index contributed by atoms with van der Waals surface area (Å²) in [5, 5.41) is 22.3. The highest BCUT2D eigenvalue weighted by Gasteiger charge is 2.16. The number of nitro groups is 1. The number of hydrogen-bond donors (Lipinski definition) is 0. The Hall–Kier alpha value is -1.55. The first-order valence-corrected chi connectivity index (χ1v) is 6.27. The largest absolute Gasteiger partial charge is 0.344 e. The summed E-state index contributed by atoms with van der Waals surface area (Å²) in [5.74, 6) is 0. The minimum absolute atomic E-state index is 0.0103. The Bertz CT molecular complexity index is 536. The van der Waals surface area contributed by atoms with Crippen molar-refractivity contribution in [2.75, 3.05) is 0 Å². The Morgan fingerprint density at radius 1 is 1.59 bits per heavy atom. The molecule has 0 aliphatic heterocycles. The fourth-order valence-electron chi connectivity index (χ4n) is 1.04. The molecule has 0 unspecified atom stereocenters. The van der Waals surface area contributed by atoms with Gasteiger partial charge in [-0.1, -0.05) is 0 Å². The van der Waals surface area contributed by atoms with E-state index >= 15 is 0 Å². The number of thiazole rings is 1. The van der Waals surface area contributed by atoms with Crippen molar-refractivity contribution in [3.05, 3.63) is 16.3 Å². The molecule has 0 saturated heterocycles. The van der Waals surface area contributed by atoms with E-state index < -0.39 is 4.92 Å². The standard InChI is InChI=1S/C7H8N6O2S2/c1-4(2)12-6(9-10-11-12)17-7-8-3-5(16-7)13(14)15/h3-4H,1-2H3. The molecular formula is C7H8N6O2S2. The third-order valence-corrected chi connectivity index (χ3v) is 3.76. The van der Waals surface area contributed by atoms with Crippen LogP contribution in [0.3, 0.4) is 0 Å². The second-order valence-electron chi connectivity index (χ2n) is 3.32. The Balaban J connectivity index is 2.19. The molecule has 2 heterocycles. The lowest BCUT2D eigenvalue weighted by atomic mass is 10.4. The first kappa shape index (κ1) is 11.9. The molecule has 2 rings (SSSR count). The summed E-state index contributed by atoms with van der Waals surface area (Å²) in [6, 6.07) is 0.127. The fraction of sp³-hybridized carbons (Fsp3) is 0.429. The third-order valence-electron chi connectivity index (χ3n) is 1.78. The molecule has 0 bridgehead atoms. The first-order valence-electron chi connectivity index (χ1n) is 4.64. The van der Waals surface area contributed by atoms with E-state index in [9.17, 15) is 10.1 Å². The van der Waals surface area contributed by atoms with Crippen LogP contribution in [0.1, 0.15) is 19.9 Å². The molecule has 0 aliphatic carbocycles. The van der Waals surface area contributed by atoms with Crippen LogP contribution >= 0.6 is 23.1 Å². The van der Waals surface area contributed by atoms with E-state index in [1.807, 2.05) is 13.8 Å². The molecule has 0 fully saturated rings. The maximum absolute atomic E-state index is 10.5. The van der Waals surface area contributed by atoms with Gasteiger partial charge in [-0.25, -0.2) is 9.67 Å². The van der Waals surface area contributed by atoms with E-state index in [0.29, 0.717) is 9.50 Å². The van der Waals surface area contributed by atoms with Gasteiger partial charge in [-0.05, 0) is 47.4 Å². The topological polar surface area (TPSA) is 99.6 Å². The monoisotopic (exact) mass is 272 g/mol. The quantitative estimate of drug-likeness (QED) is 0.617. The predicted octanol–water partition coefficient (Wildman–Crippen LogP) is 1.77. The van der Waals surface area contributed by atoms with Crippen LogP contribution in [0.15, 0.2) is 15.7 Å². The predicted molar refractivity (Wildman–Crippen MR) is 61.1 cm³/mol. The van der Waals surface area contributed by atoms with Crippen molar-refractivity contribution in [3.63, 3.8) is 0 Å². The van der Waals surface area contributed by atoms with Gasteiger partial charge >= 0.3 is 5.00 Å². The van der Waals surface area contributed by atoms with E-state index in [-0.39, 0.29) is 11.0 Å². The van der Waals surface area contributed by atoms with Gasteiger partial charge in [0.25, 0.3) is 0 Å². The van der Waals surface area contributed by atoms with Crippen LogP contribution in [0, 0.1) is 10.1 Å². The highest BCUT2D eigenvalue weighted by molar-refractivity contribution is 8.00. The second-order valence-corrected chi connectivity index (χ2v) is 5.55.